The minimum absolute atomic E-state index is 1.09. The van der Waals surface area contributed by atoms with Crippen LogP contribution in [0.3, 0.4) is 0 Å². The van der Waals surface area contributed by atoms with Crippen molar-refractivity contribution in [3.63, 3.8) is 0 Å². The van der Waals surface area contributed by atoms with Crippen molar-refractivity contribution in [2.75, 3.05) is 0 Å². The van der Waals surface area contributed by atoms with Crippen molar-refractivity contribution in [2.24, 2.45) is 0 Å². The normalized spacial score (nSPS) is 14.9. The van der Waals surface area contributed by atoms with E-state index in [9.17, 15) is 9.18 Å². The Balaban J connectivity index is 4.23. The van der Waals surface area contributed by atoms with Gasteiger partial charge in [-0.2, -0.15) is 4.39 Å². The van der Waals surface area contributed by atoms with Gasteiger partial charge in [-0.1, -0.05) is 11.6 Å². The molecule has 0 spiro atoms. The molecule has 2 nitrogen and oxygen atoms in total. The third-order valence-electron chi connectivity index (χ3n) is 0.271. The maximum Gasteiger partial charge on any atom is 0.365 e. The standard InChI is InChI=1S/C3H2ClFO2/c4-1-2(5)3(6)7/h1H,(H,6,7)/i1D. The molecule has 0 radical (unpaired) electrons. The summed E-state index contributed by atoms with van der Waals surface area (Å²) in [7, 11) is 0. The van der Waals surface area contributed by atoms with Crippen LogP contribution in [0.2, 0.25) is 0 Å². The Labute approximate surface area is 45.6 Å². The number of carbonyl (C=O) groups is 1. The molecule has 0 aliphatic rings. The zero-order valence-electron chi connectivity index (χ0n) is 4.11. The summed E-state index contributed by atoms with van der Waals surface area (Å²) in [6, 6.07) is 0. The molecule has 0 rings (SSSR count). The second-order valence-electron chi connectivity index (χ2n) is 0.714. The third-order valence-corrected chi connectivity index (χ3v) is 0.437. The van der Waals surface area contributed by atoms with E-state index < -0.39 is 17.3 Å². The van der Waals surface area contributed by atoms with E-state index in [-0.39, 0.29) is 0 Å². The zero-order chi connectivity index (χ0) is 6.73. The molecule has 0 amide bonds. The van der Waals surface area contributed by atoms with Gasteiger partial charge in [-0.15, -0.1) is 0 Å². The Morgan fingerprint density at radius 2 is 2.57 bits per heavy atom. The molecule has 0 aliphatic heterocycles. The van der Waals surface area contributed by atoms with E-state index in [2.05, 4.69) is 11.6 Å². The predicted octanol–water partition coefficient (Wildman–Crippen LogP) is 1.12. The zero-order valence-corrected chi connectivity index (χ0v) is 3.87. The summed E-state index contributed by atoms with van der Waals surface area (Å²) in [5.74, 6) is -3.45. The van der Waals surface area contributed by atoms with Crippen molar-refractivity contribution in [3.8, 4) is 0 Å². The molecule has 1 N–H and O–H groups in total. The fourth-order valence-corrected chi connectivity index (χ4v) is 0.121. The van der Waals surface area contributed by atoms with E-state index >= 15 is 0 Å². The van der Waals surface area contributed by atoms with Crippen LogP contribution in [0.25, 0.3) is 0 Å². The van der Waals surface area contributed by atoms with Gasteiger partial charge in [0.25, 0.3) is 0 Å². The van der Waals surface area contributed by atoms with Gasteiger partial charge in [0.2, 0.25) is 5.83 Å². The number of aliphatic carboxylic acids is 1. The van der Waals surface area contributed by atoms with Gasteiger partial charge in [-0.3, -0.25) is 0 Å². The van der Waals surface area contributed by atoms with Crippen LogP contribution in [-0.2, 0) is 4.79 Å². The highest BCUT2D eigenvalue weighted by Gasteiger charge is 2.00. The molecule has 0 aromatic heterocycles. The minimum Gasteiger partial charge on any atom is -0.476 e. The average molecular weight is 126 g/mol. The van der Waals surface area contributed by atoms with Crippen LogP contribution < -0.4 is 0 Å². The van der Waals surface area contributed by atoms with Gasteiger partial charge in [0.15, 0.2) is 0 Å². The molecule has 7 heavy (non-hydrogen) atoms. The summed E-state index contributed by atoms with van der Waals surface area (Å²) in [4.78, 5) is 9.50. The molecule has 0 bridgehead atoms. The number of hydrogen-bond acceptors (Lipinski definition) is 1. The maximum absolute atomic E-state index is 11.6. The van der Waals surface area contributed by atoms with Crippen molar-refractivity contribution in [1.82, 2.24) is 0 Å². The van der Waals surface area contributed by atoms with Crippen molar-refractivity contribution < 1.29 is 15.7 Å². The predicted molar refractivity (Wildman–Crippen MR) is 22.7 cm³/mol. The SMILES string of the molecule is [2H]C(Cl)=C(F)C(=O)O. The van der Waals surface area contributed by atoms with Gasteiger partial charge in [-0.05, 0) is 0 Å². The Morgan fingerprint density at radius 3 is 2.57 bits per heavy atom. The van der Waals surface area contributed by atoms with Gasteiger partial charge in [0.05, 0.1) is 1.37 Å². The van der Waals surface area contributed by atoms with Crippen LogP contribution in [0, 0.1) is 0 Å². The monoisotopic (exact) mass is 125 g/mol. The summed E-state index contributed by atoms with van der Waals surface area (Å²) in [6.45, 7) is 0. The van der Waals surface area contributed by atoms with Crippen LogP contribution in [0.4, 0.5) is 4.39 Å². The molecule has 4 heteroatoms. The molecular weight excluding hydrogens is 122 g/mol. The van der Waals surface area contributed by atoms with Crippen molar-refractivity contribution >= 4 is 17.6 Å². The van der Waals surface area contributed by atoms with E-state index in [4.69, 9.17) is 6.48 Å². The van der Waals surface area contributed by atoms with Crippen LogP contribution in [0.5, 0.6) is 0 Å². The molecule has 0 atom stereocenters. The van der Waals surface area contributed by atoms with E-state index in [1.54, 1.807) is 0 Å². The Kier molecular flexibility index (Phi) is 1.69. The highest BCUT2D eigenvalue weighted by Crippen LogP contribution is 1.96. The Morgan fingerprint density at radius 1 is 2.14 bits per heavy atom. The van der Waals surface area contributed by atoms with E-state index in [1.165, 1.54) is 0 Å². The number of halogens is 2. The molecule has 0 unspecified atom stereocenters. The molecular formula is C3H2ClFO2. The van der Waals surface area contributed by atoms with Gasteiger partial charge < -0.3 is 5.11 Å². The lowest BCUT2D eigenvalue weighted by molar-refractivity contribution is -0.134. The number of rotatable bonds is 1. The van der Waals surface area contributed by atoms with E-state index in [0.717, 1.165) is 0 Å². The molecule has 0 aromatic rings. The largest absolute Gasteiger partial charge is 0.476 e. The second-order valence-corrected chi connectivity index (χ2v) is 0.903. The summed E-state index contributed by atoms with van der Waals surface area (Å²) >= 11 is 4.61. The highest BCUT2D eigenvalue weighted by atomic mass is 35.5. The molecule has 0 saturated heterocycles. The lowest BCUT2D eigenvalue weighted by Gasteiger charge is -1.78. The molecule has 40 valence electrons. The van der Waals surface area contributed by atoms with E-state index in [1.807, 2.05) is 0 Å². The first-order valence-corrected chi connectivity index (χ1v) is 1.68. The van der Waals surface area contributed by atoms with Crippen molar-refractivity contribution in [2.45, 2.75) is 0 Å². The first-order chi connectivity index (χ1) is 3.55. The third kappa shape index (κ3) is 2.17. The van der Waals surface area contributed by atoms with Gasteiger partial charge in [0.1, 0.15) is 0 Å². The van der Waals surface area contributed by atoms with Gasteiger partial charge in [-0.25, -0.2) is 4.79 Å². The topological polar surface area (TPSA) is 37.3 Å². The fraction of sp³-hybridized carbons (Fsp3) is 0. The maximum atomic E-state index is 11.6. The van der Waals surface area contributed by atoms with Crippen LogP contribution in [0.1, 0.15) is 1.37 Å². The first kappa shape index (κ1) is 4.59. The number of carboxylic acids is 1. The smallest absolute Gasteiger partial charge is 0.365 e. The van der Waals surface area contributed by atoms with Crippen LogP contribution in [-0.4, -0.2) is 11.1 Å². The second kappa shape index (κ2) is 2.58. The molecule has 0 fully saturated rings. The van der Waals surface area contributed by atoms with Crippen LogP contribution >= 0.6 is 11.6 Å². The first-order valence-electron chi connectivity index (χ1n) is 1.81. The Bertz CT molecular complexity index is 140. The van der Waals surface area contributed by atoms with Crippen LogP contribution in [0.15, 0.2) is 11.3 Å². The molecule has 0 saturated carbocycles. The fourth-order valence-electron chi connectivity index (χ4n) is 0.0404. The van der Waals surface area contributed by atoms with Gasteiger partial charge in [0, 0.05) is 5.51 Å². The summed E-state index contributed by atoms with van der Waals surface area (Å²) in [5, 5.41) is 7.72. The van der Waals surface area contributed by atoms with E-state index in [0.29, 0.717) is 0 Å². The number of hydrogen-bond donors (Lipinski definition) is 1. The summed E-state index contributed by atoms with van der Waals surface area (Å²) in [5.41, 5.74) is -1.09. The average Bonchev–Trinajstić information content (AvgIpc) is 1.64. The quantitative estimate of drug-likeness (QED) is 0.534. The lowest BCUT2D eigenvalue weighted by Crippen LogP contribution is -1.92. The number of carboxylic acid groups (broad SMARTS) is 1. The highest BCUT2D eigenvalue weighted by molar-refractivity contribution is 6.27. The minimum atomic E-state index is -1.81. The van der Waals surface area contributed by atoms with Gasteiger partial charge >= 0.3 is 5.97 Å². The molecule has 0 heterocycles. The van der Waals surface area contributed by atoms with Crippen molar-refractivity contribution in [1.29, 1.82) is 0 Å². The molecule has 0 aliphatic carbocycles. The summed E-state index contributed by atoms with van der Waals surface area (Å²) < 4.78 is 17.8. The summed E-state index contributed by atoms with van der Waals surface area (Å²) in [6.07, 6.45) is 0. The molecule has 0 aromatic carbocycles. The van der Waals surface area contributed by atoms with Crippen molar-refractivity contribution in [3.05, 3.63) is 11.3 Å². The lowest BCUT2D eigenvalue weighted by atomic mass is 10.6. The Hall–Kier alpha value is -0.570.